The lowest BCUT2D eigenvalue weighted by Crippen LogP contribution is -2.14. The van der Waals surface area contributed by atoms with Gasteiger partial charge in [-0.25, -0.2) is 14.5 Å². The maximum atomic E-state index is 12.2. The summed E-state index contributed by atoms with van der Waals surface area (Å²) in [6, 6.07) is 0. The number of esters is 2. The lowest BCUT2D eigenvalue weighted by Gasteiger charge is -2.11. The van der Waals surface area contributed by atoms with Gasteiger partial charge < -0.3 is 9.47 Å². The summed E-state index contributed by atoms with van der Waals surface area (Å²) in [7, 11) is 0. The summed E-state index contributed by atoms with van der Waals surface area (Å²) in [6.45, 7) is 5.81. The largest absolute Gasteiger partial charge is 0.462 e. The van der Waals surface area contributed by atoms with Crippen LogP contribution < -0.4 is 0 Å². The quantitative estimate of drug-likeness (QED) is 0.711. The third kappa shape index (κ3) is 3.84. The highest BCUT2D eigenvalue weighted by atomic mass is 35.5. The smallest absolute Gasteiger partial charge is 0.341 e. The second-order valence-corrected chi connectivity index (χ2v) is 5.58. The highest BCUT2D eigenvalue weighted by Gasteiger charge is 2.24. The second-order valence-electron chi connectivity index (χ2n) is 5.21. The Bertz CT molecular complexity index is 757. The Kier molecular flexibility index (Phi) is 6.14. The summed E-state index contributed by atoms with van der Waals surface area (Å²) in [4.78, 5) is 27.8. The van der Waals surface area contributed by atoms with Crippen LogP contribution in [-0.4, -0.2) is 33.3 Å². The monoisotopic (exact) mass is 353 g/mol. The van der Waals surface area contributed by atoms with Gasteiger partial charge in [0.25, 0.3) is 0 Å². The molecule has 0 aliphatic heterocycles. The molecule has 0 spiro atoms. The van der Waals surface area contributed by atoms with Crippen LogP contribution in [-0.2, 0) is 27.4 Å². The molecule has 24 heavy (non-hydrogen) atoms. The van der Waals surface area contributed by atoms with Crippen LogP contribution in [0.5, 0.6) is 0 Å². The van der Waals surface area contributed by atoms with Crippen molar-refractivity contribution >= 4 is 34.6 Å². The average molecular weight is 354 g/mol. The fourth-order valence-corrected chi connectivity index (χ4v) is 2.57. The van der Waals surface area contributed by atoms with Gasteiger partial charge in [0.15, 0.2) is 5.65 Å². The summed E-state index contributed by atoms with van der Waals surface area (Å²) in [6.07, 6.45) is 3.53. The normalized spacial score (nSPS) is 10.8. The molecule has 8 heteroatoms. The van der Waals surface area contributed by atoms with Crippen molar-refractivity contribution in [1.82, 2.24) is 14.8 Å². The SMILES string of the molecule is CCCCn1ncc2c(Cl)c(C(=O)OCC)c(COC(C)=O)nc21. The molecule has 0 aromatic carbocycles. The van der Waals surface area contributed by atoms with E-state index in [1.165, 1.54) is 6.92 Å². The molecule has 0 fully saturated rings. The number of fused-ring (bicyclic) bond motifs is 1. The van der Waals surface area contributed by atoms with Gasteiger partial charge in [0.05, 0.1) is 28.9 Å². The van der Waals surface area contributed by atoms with Gasteiger partial charge >= 0.3 is 11.9 Å². The minimum atomic E-state index is -0.597. The second kappa shape index (κ2) is 8.10. The van der Waals surface area contributed by atoms with Crippen molar-refractivity contribution in [2.75, 3.05) is 6.61 Å². The first-order valence-electron chi connectivity index (χ1n) is 7.83. The Morgan fingerprint density at radius 1 is 1.29 bits per heavy atom. The van der Waals surface area contributed by atoms with Gasteiger partial charge in [0, 0.05) is 13.5 Å². The van der Waals surface area contributed by atoms with E-state index in [1.807, 2.05) is 0 Å². The third-order valence-corrected chi connectivity index (χ3v) is 3.80. The molecule has 0 amide bonds. The van der Waals surface area contributed by atoms with Crippen LogP contribution in [0.25, 0.3) is 11.0 Å². The van der Waals surface area contributed by atoms with E-state index in [0.29, 0.717) is 17.6 Å². The highest BCUT2D eigenvalue weighted by molar-refractivity contribution is 6.38. The predicted octanol–water partition coefficient (Wildman–Crippen LogP) is 3.12. The van der Waals surface area contributed by atoms with Gasteiger partial charge in [0.1, 0.15) is 12.2 Å². The molecule has 2 rings (SSSR count). The zero-order chi connectivity index (χ0) is 17.7. The minimum absolute atomic E-state index is 0.113. The number of unbranched alkanes of at least 4 members (excludes halogenated alkanes) is 1. The van der Waals surface area contributed by atoms with Crippen LogP contribution in [0.1, 0.15) is 49.7 Å². The third-order valence-electron chi connectivity index (χ3n) is 3.41. The Morgan fingerprint density at radius 2 is 2.04 bits per heavy atom. The van der Waals surface area contributed by atoms with E-state index in [9.17, 15) is 9.59 Å². The van der Waals surface area contributed by atoms with E-state index in [0.717, 1.165) is 12.8 Å². The number of aromatic nitrogens is 3. The summed E-state index contributed by atoms with van der Waals surface area (Å²) in [5.41, 5.74) is 0.936. The molecule has 0 atom stereocenters. The number of pyridine rings is 1. The Labute approximate surface area is 144 Å². The van der Waals surface area contributed by atoms with Gasteiger partial charge in [-0.15, -0.1) is 0 Å². The molecule has 2 heterocycles. The van der Waals surface area contributed by atoms with E-state index >= 15 is 0 Å². The number of halogens is 1. The lowest BCUT2D eigenvalue weighted by molar-refractivity contribution is -0.142. The van der Waals surface area contributed by atoms with E-state index in [2.05, 4.69) is 17.0 Å². The predicted molar refractivity (Wildman–Crippen MR) is 88.9 cm³/mol. The molecule has 0 saturated carbocycles. The molecule has 0 unspecified atom stereocenters. The fourth-order valence-electron chi connectivity index (χ4n) is 2.25. The van der Waals surface area contributed by atoms with Crippen LogP contribution in [0, 0.1) is 0 Å². The number of rotatable bonds is 7. The summed E-state index contributed by atoms with van der Waals surface area (Å²) in [5.74, 6) is -1.07. The van der Waals surface area contributed by atoms with Crippen molar-refractivity contribution in [1.29, 1.82) is 0 Å². The standard InChI is InChI=1S/C16H20ClN3O4/c1-4-6-7-20-15-11(8-18-20)14(17)13(16(22)23-5-2)12(19-15)9-24-10(3)21/h8H,4-7,9H2,1-3H3. The topological polar surface area (TPSA) is 83.3 Å². The first-order valence-corrected chi connectivity index (χ1v) is 8.21. The Hall–Kier alpha value is -2.15. The molecule has 0 N–H and O–H groups in total. The first-order chi connectivity index (χ1) is 11.5. The summed E-state index contributed by atoms with van der Waals surface area (Å²) >= 11 is 6.41. The molecular weight excluding hydrogens is 334 g/mol. The number of hydrogen-bond acceptors (Lipinski definition) is 6. The first kappa shape index (κ1) is 18.2. The van der Waals surface area contributed by atoms with Gasteiger partial charge in [-0.3, -0.25) is 4.79 Å². The van der Waals surface area contributed by atoms with Crippen LogP contribution >= 0.6 is 11.6 Å². The lowest BCUT2D eigenvalue weighted by atomic mass is 10.1. The molecule has 0 radical (unpaired) electrons. The van der Waals surface area contributed by atoms with Gasteiger partial charge in [-0.1, -0.05) is 24.9 Å². The number of aryl methyl sites for hydroxylation is 1. The van der Waals surface area contributed by atoms with Crippen molar-refractivity contribution in [2.24, 2.45) is 0 Å². The van der Waals surface area contributed by atoms with Crippen molar-refractivity contribution in [3.8, 4) is 0 Å². The van der Waals surface area contributed by atoms with Crippen molar-refractivity contribution in [3.05, 3.63) is 22.5 Å². The average Bonchev–Trinajstić information content (AvgIpc) is 2.94. The number of carbonyl (C=O) groups excluding carboxylic acids is 2. The molecule has 2 aromatic heterocycles. The molecule has 0 bridgehead atoms. The maximum Gasteiger partial charge on any atom is 0.341 e. The van der Waals surface area contributed by atoms with Crippen molar-refractivity contribution in [2.45, 2.75) is 46.8 Å². The molecular formula is C16H20ClN3O4. The maximum absolute atomic E-state index is 12.2. The molecule has 0 aliphatic carbocycles. The molecule has 0 saturated heterocycles. The van der Waals surface area contributed by atoms with Crippen LogP contribution in [0.3, 0.4) is 0 Å². The van der Waals surface area contributed by atoms with Crippen LogP contribution in [0.4, 0.5) is 0 Å². The van der Waals surface area contributed by atoms with E-state index in [-0.39, 0.29) is 29.5 Å². The minimum Gasteiger partial charge on any atom is -0.462 e. The van der Waals surface area contributed by atoms with E-state index < -0.39 is 11.9 Å². The van der Waals surface area contributed by atoms with E-state index in [1.54, 1.807) is 17.8 Å². The number of carbonyl (C=O) groups is 2. The molecule has 0 aliphatic rings. The summed E-state index contributed by atoms with van der Waals surface area (Å²) < 4.78 is 11.8. The van der Waals surface area contributed by atoms with E-state index in [4.69, 9.17) is 21.1 Å². The van der Waals surface area contributed by atoms with Crippen molar-refractivity contribution in [3.63, 3.8) is 0 Å². The molecule has 7 nitrogen and oxygen atoms in total. The van der Waals surface area contributed by atoms with Gasteiger partial charge in [0.2, 0.25) is 0 Å². The zero-order valence-corrected chi connectivity index (χ0v) is 14.7. The summed E-state index contributed by atoms with van der Waals surface area (Å²) in [5, 5.41) is 5.07. The zero-order valence-electron chi connectivity index (χ0n) is 14.0. The fraction of sp³-hybridized carbons (Fsp3) is 0.500. The Balaban J connectivity index is 2.55. The number of ether oxygens (including phenoxy) is 2. The van der Waals surface area contributed by atoms with Crippen LogP contribution in [0.15, 0.2) is 6.20 Å². The molecule has 130 valence electrons. The Morgan fingerprint density at radius 3 is 2.67 bits per heavy atom. The number of hydrogen-bond donors (Lipinski definition) is 0. The van der Waals surface area contributed by atoms with Crippen molar-refractivity contribution < 1.29 is 19.1 Å². The van der Waals surface area contributed by atoms with Gasteiger partial charge in [-0.05, 0) is 13.3 Å². The number of nitrogens with zero attached hydrogens (tertiary/aromatic N) is 3. The molecule has 2 aromatic rings. The van der Waals surface area contributed by atoms with Crippen LogP contribution in [0.2, 0.25) is 5.02 Å². The van der Waals surface area contributed by atoms with Gasteiger partial charge in [-0.2, -0.15) is 5.10 Å². The highest BCUT2D eigenvalue weighted by Crippen LogP contribution is 2.29.